The van der Waals surface area contributed by atoms with Gasteiger partial charge >= 0.3 is 0 Å². The van der Waals surface area contributed by atoms with Crippen molar-refractivity contribution in [2.45, 2.75) is 19.3 Å². The molecule has 27 heavy (non-hydrogen) atoms. The number of hydrogen-bond donors (Lipinski definition) is 2. The first kappa shape index (κ1) is 23.1. The molecule has 2 N–H and O–H groups in total. The van der Waals surface area contributed by atoms with Crippen LogP contribution in [0.1, 0.15) is 24.0 Å². The predicted octanol–water partition coefficient (Wildman–Crippen LogP) is 3.83. The number of halogens is 1. The first-order valence-electron chi connectivity index (χ1n) is 8.89. The Morgan fingerprint density at radius 2 is 1.59 bits per heavy atom. The zero-order valence-corrected chi connectivity index (χ0v) is 18.8. The number of para-hydroxylation sites is 2. The van der Waals surface area contributed by atoms with Crippen LogP contribution in [0.25, 0.3) is 0 Å². The maximum absolute atomic E-state index is 5.45. The SMILES string of the molecule is CN=C(NCCc1ccccc1OC)NCC(C)c1ccccc1OC.I. The summed E-state index contributed by atoms with van der Waals surface area (Å²) in [6, 6.07) is 16.2. The summed E-state index contributed by atoms with van der Waals surface area (Å²) in [6.07, 6.45) is 0.868. The van der Waals surface area contributed by atoms with Crippen molar-refractivity contribution in [3.05, 3.63) is 59.7 Å². The molecular formula is C21H30IN3O2. The summed E-state index contributed by atoms with van der Waals surface area (Å²) in [5, 5.41) is 6.74. The van der Waals surface area contributed by atoms with E-state index in [0.717, 1.165) is 37.0 Å². The van der Waals surface area contributed by atoms with Gasteiger partial charge in [-0.3, -0.25) is 4.99 Å². The fraction of sp³-hybridized carbons (Fsp3) is 0.381. The van der Waals surface area contributed by atoms with Crippen LogP contribution in [0.15, 0.2) is 53.5 Å². The summed E-state index contributed by atoms with van der Waals surface area (Å²) in [5.41, 5.74) is 2.37. The molecule has 1 unspecified atom stereocenters. The molecule has 0 aromatic heterocycles. The molecule has 0 amide bonds. The molecule has 0 fully saturated rings. The molecule has 6 heteroatoms. The first-order chi connectivity index (χ1) is 12.7. The van der Waals surface area contributed by atoms with Gasteiger partial charge in [0.05, 0.1) is 14.2 Å². The summed E-state index contributed by atoms with van der Waals surface area (Å²) in [5.74, 6) is 2.93. The van der Waals surface area contributed by atoms with Gasteiger partial charge in [-0.1, -0.05) is 43.3 Å². The fourth-order valence-electron chi connectivity index (χ4n) is 2.88. The van der Waals surface area contributed by atoms with E-state index in [1.54, 1.807) is 21.3 Å². The average molecular weight is 483 g/mol. The van der Waals surface area contributed by atoms with Crippen LogP contribution in [0, 0.1) is 0 Å². The van der Waals surface area contributed by atoms with Gasteiger partial charge in [0.1, 0.15) is 11.5 Å². The number of benzene rings is 2. The van der Waals surface area contributed by atoms with Crippen LogP contribution in [-0.4, -0.2) is 40.3 Å². The second kappa shape index (κ2) is 12.4. The molecule has 0 saturated carbocycles. The van der Waals surface area contributed by atoms with E-state index in [2.05, 4.69) is 34.7 Å². The van der Waals surface area contributed by atoms with E-state index in [1.165, 1.54) is 11.1 Å². The van der Waals surface area contributed by atoms with E-state index in [1.807, 2.05) is 36.4 Å². The molecule has 0 radical (unpaired) electrons. The molecule has 0 heterocycles. The maximum atomic E-state index is 5.45. The number of aliphatic imine (C=N–C) groups is 1. The summed E-state index contributed by atoms with van der Waals surface area (Å²) < 4.78 is 10.8. The van der Waals surface area contributed by atoms with Gasteiger partial charge in [0.15, 0.2) is 5.96 Å². The molecule has 0 aliphatic rings. The maximum Gasteiger partial charge on any atom is 0.191 e. The lowest BCUT2D eigenvalue weighted by atomic mass is 10.0. The highest BCUT2D eigenvalue weighted by Crippen LogP contribution is 2.25. The van der Waals surface area contributed by atoms with Crippen molar-refractivity contribution in [3.63, 3.8) is 0 Å². The lowest BCUT2D eigenvalue weighted by molar-refractivity contribution is 0.406. The second-order valence-electron chi connectivity index (χ2n) is 6.08. The van der Waals surface area contributed by atoms with Crippen molar-refractivity contribution in [2.75, 3.05) is 34.4 Å². The fourth-order valence-corrected chi connectivity index (χ4v) is 2.88. The largest absolute Gasteiger partial charge is 0.496 e. The lowest BCUT2D eigenvalue weighted by Crippen LogP contribution is -2.40. The van der Waals surface area contributed by atoms with Gasteiger partial charge in [0.25, 0.3) is 0 Å². The van der Waals surface area contributed by atoms with Crippen LogP contribution in [0.4, 0.5) is 0 Å². The molecule has 0 aliphatic carbocycles. The zero-order valence-electron chi connectivity index (χ0n) is 16.5. The quantitative estimate of drug-likeness (QED) is 0.341. The van der Waals surface area contributed by atoms with Gasteiger partial charge in [0.2, 0.25) is 0 Å². The van der Waals surface area contributed by atoms with Crippen molar-refractivity contribution < 1.29 is 9.47 Å². The number of methoxy groups -OCH3 is 2. The third kappa shape index (κ3) is 6.93. The van der Waals surface area contributed by atoms with E-state index in [-0.39, 0.29) is 24.0 Å². The minimum Gasteiger partial charge on any atom is -0.496 e. The third-order valence-electron chi connectivity index (χ3n) is 4.35. The van der Waals surface area contributed by atoms with E-state index in [9.17, 15) is 0 Å². The smallest absolute Gasteiger partial charge is 0.191 e. The highest BCUT2D eigenvalue weighted by molar-refractivity contribution is 14.0. The van der Waals surface area contributed by atoms with Crippen LogP contribution in [0.2, 0.25) is 0 Å². The Morgan fingerprint density at radius 1 is 0.963 bits per heavy atom. The minimum absolute atomic E-state index is 0. The highest BCUT2D eigenvalue weighted by atomic mass is 127. The van der Waals surface area contributed by atoms with Crippen LogP contribution in [0.3, 0.4) is 0 Å². The lowest BCUT2D eigenvalue weighted by Gasteiger charge is -2.18. The van der Waals surface area contributed by atoms with Crippen LogP contribution in [-0.2, 0) is 6.42 Å². The first-order valence-corrected chi connectivity index (χ1v) is 8.89. The molecule has 2 aromatic rings. The summed E-state index contributed by atoms with van der Waals surface area (Å²) >= 11 is 0. The number of guanidine groups is 1. The minimum atomic E-state index is 0. The molecule has 1 atom stereocenters. The molecule has 0 saturated heterocycles. The zero-order chi connectivity index (χ0) is 18.8. The normalized spacial score (nSPS) is 11.9. The van der Waals surface area contributed by atoms with Gasteiger partial charge in [0, 0.05) is 26.1 Å². The Balaban J connectivity index is 0.00000364. The van der Waals surface area contributed by atoms with Gasteiger partial charge in [-0.25, -0.2) is 0 Å². The molecule has 0 aliphatic heterocycles. The van der Waals surface area contributed by atoms with Crippen LogP contribution < -0.4 is 20.1 Å². The number of ether oxygens (including phenoxy) is 2. The molecule has 0 bridgehead atoms. The Labute approximate surface area is 179 Å². The standard InChI is InChI=1S/C21H29N3O2.HI/c1-16(18-10-6-8-12-20(18)26-4)15-24-21(22-2)23-14-13-17-9-5-7-11-19(17)25-3;/h5-12,16H,13-15H2,1-4H3,(H2,22,23,24);1H. The summed E-state index contributed by atoms with van der Waals surface area (Å²) in [7, 11) is 5.19. The summed E-state index contributed by atoms with van der Waals surface area (Å²) in [4.78, 5) is 4.30. The van der Waals surface area contributed by atoms with Crippen molar-refractivity contribution in [3.8, 4) is 11.5 Å². The predicted molar refractivity (Wildman–Crippen MR) is 123 cm³/mol. The van der Waals surface area contributed by atoms with Gasteiger partial charge < -0.3 is 20.1 Å². The number of hydrogen-bond acceptors (Lipinski definition) is 3. The van der Waals surface area contributed by atoms with Crippen LogP contribution >= 0.6 is 24.0 Å². The van der Waals surface area contributed by atoms with E-state index in [0.29, 0.717) is 5.92 Å². The highest BCUT2D eigenvalue weighted by Gasteiger charge is 2.11. The molecule has 148 valence electrons. The Hall–Kier alpha value is -1.96. The second-order valence-corrected chi connectivity index (χ2v) is 6.08. The van der Waals surface area contributed by atoms with Gasteiger partial charge in [-0.05, 0) is 29.7 Å². The van der Waals surface area contributed by atoms with Crippen molar-refractivity contribution in [1.82, 2.24) is 10.6 Å². The molecular weight excluding hydrogens is 453 g/mol. The van der Waals surface area contributed by atoms with E-state index < -0.39 is 0 Å². The molecule has 5 nitrogen and oxygen atoms in total. The Morgan fingerprint density at radius 3 is 2.26 bits per heavy atom. The Bertz CT molecular complexity index is 722. The average Bonchev–Trinajstić information content (AvgIpc) is 2.70. The molecule has 0 spiro atoms. The number of nitrogens with zero attached hydrogens (tertiary/aromatic N) is 1. The Kier molecular flexibility index (Phi) is 10.6. The van der Waals surface area contributed by atoms with Crippen LogP contribution in [0.5, 0.6) is 11.5 Å². The molecule has 2 aromatic carbocycles. The number of rotatable bonds is 8. The monoisotopic (exact) mass is 483 g/mol. The van der Waals surface area contributed by atoms with Gasteiger partial charge in [-0.15, -0.1) is 24.0 Å². The molecule has 2 rings (SSSR count). The van der Waals surface area contributed by atoms with Crippen molar-refractivity contribution >= 4 is 29.9 Å². The van der Waals surface area contributed by atoms with E-state index in [4.69, 9.17) is 9.47 Å². The van der Waals surface area contributed by atoms with E-state index >= 15 is 0 Å². The summed E-state index contributed by atoms with van der Waals surface area (Å²) in [6.45, 7) is 3.73. The van der Waals surface area contributed by atoms with Gasteiger partial charge in [-0.2, -0.15) is 0 Å². The topological polar surface area (TPSA) is 54.9 Å². The van der Waals surface area contributed by atoms with Crippen molar-refractivity contribution in [1.29, 1.82) is 0 Å². The van der Waals surface area contributed by atoms with Crippen molar-refractivity contribution in [2.24, 2.45) is 4.99 Å². The third-order valence-corrected chi connectivity index (χ3v) is 4.35. The number of nitrogens with one attached hydrogen (secondary N) is 2.